The molecule has 2 aromatic rings. The number of nitrogens with zero attached hydrogens (tertiary/aromatic N) is 3. The van der Waals surface area contributed by atoms with E-state index in [2.05, 4.69) is 54.8 Å². The summed E-state index contributed by atoms with van der Waals surface area (Å²) in [6.45, 7) is 8.72. The molecule has 3 rings (SSSR count). The van der Waals surface area contributed by atoms with Gasteiger partial charge in [0.25, 0.3) is 0 Å². The highest BCUT2D eigenvalue weighted by molar-refractivity contribution is 7.98. The number of thioether (sulfide) groups is 1. The van der Waals surface area contributed by atoms with Crippen molar-refractivity contribution in [2.24, 2.45) is 7.05 Å². The molecule has 2 heterocycles. The van der Waals surface area contributed by atoms with Gasteiger partial charge in [-0.2, -0.15) is 5.10 Å². The number of hydrogen-bond donors (Lipinski definition) is 1. The Bertz CT molecular complexity index is 967. The lowest BCUT2D eigenvalue weighted by Gasteiger charge is -2.32. The van der Waals surface area contributed by atoms with Crippen LogP contribution in [-0.4, -0.2) is 44.3 Å². The molecule has 0 spiro atoms. The van der Waals surface area contributed by atoms with Gasteiger partial charge < -0.3 is 10.2 Å². The first-order valence-corrected chi connectivity index (χ1v) is 12.6. The minimum Gasteiger partial charge on any atom is -0.350 e. The van der Waals surface area contributed by atoms with E-state index in [1.54, 1.807) is 11.8 Å². The molecule has 0 unspecified atom stereocenters. The number of aromatic nitrogens is 2. The van der Waals surface area contributed by atoms with Crippen LogP contribution < -0.4 is 5.32 Å². The summed E-state index contributed by atoms with van der Waals surface area (Å²) >= 11 is 1.72. The van der Waals surface area contributed by atoms with Gasteiger partial charge >= 0.3 is 0 Å². The maximum Gasteiger partial charge on any atom is 0.223 e. The lowest BCUT2D eigenvalue weighted by atomic mass is 9.85. The van der Waals surface area contributed by atoms with Crippen molar-refractivity contribution in [3.05, 3.63) is 46.8 Å². The summed E-state index contributed by atoms with van der Waals surface area (Å²) in [6, 6.07) is 8.60. The van der Waals surface area contributed by atoms with E-state index in [0.29, 0.717) is 25.8 Å². The number of nitrogens with one attached hydrogen (secondary N) is 1. The Balaban J connectivity index is 1.72. The van der Waals surface area contributed by atoms with Crippen LogP contribution in [0.15, 0.2) is 29.2 Å². The van der Waals surface area contributed by atoms with Gasteiger partial charge in [0.05, 0.1) is 5.69 Å². The molecule has 2 amide bonds. The lowest BCUT2D eigenvalue weighted by Crippen LogP contribution is -2.45. The monoisotopic (exact) mass is 456 g/mol. The number of benzene rings is 1. The summed E-state index contributed by atoms with van der Waals surface area (Å²) in [5.41, 5.74) is 4.02. The molecule has 1 aliphatic heterocycles. The Morgan fingerprint density at radius 1 is 1.28 bits per heavy atom. The predicted octanol–water partition coefficient (Wildman–Crippen LogP) is 4.17. The van der Waals surface area contributed by atoms with Crippen LogP contribution in [0.4, 0.5) is 0 Å². The van der Waals surface area contributed by atoms with Crippen LogP contribution in [0.2, 0.25) is 0 Å². The fraction of sp³-hybridized carbons (Fsp3) is 0.560. The van der Waals surface area contributed by atoms with Crippen LogP contribution in [0.5, 0.6) is 0 Å². The van der Waals surface area contributed by atoms with Crippen LogP contribution in [-0.2, 0) is 29.6 Å². The fourth-order valence-electron chi connectivity index (χ4n) is 4.58. The number of hydrogen-bond acceptors (Lipinski definition) is 4. The van der Waals surface area contributed by atoms with E-state index in [0.717, 1.165) is 29.8 Å². The standard InChI is InChI=1S/C25H36N4O2S/c1-17(2)29(16-22-18(3)27-28(5)19(22)4)24(31)12-14-25(13-11-23(30)26-25)15-20-7-9-21(32-6)10-8-20/h7-10,17H,11-16H2,1-6H3,(H,26,30)/t25-/m1/s1. The van der Waals surface area contributed by atoms with Gasteiger partial charge in [-0.3, -0.25) is 14.3 Å². The molecule has 0 aliphatic carbocycles. The van der Waals surface area contributed by atoms with E-state index in [9.17, 15) is 9.59 Å². The first-order valence-electron chi connectivity index (χ1n) is 11.4. The van der Waals surface area contributed by atoms with Crippen molar-refractivity contribution >= 4 is 23.6 Å². The Morgan fingerprint density at radius 3 is 2.47 bits per heavy atom. The van der Waals surface area contributed by atoms with Gasteiger partial charge in [-0.1, -0.05) is 12.1 Å². The molecule has 1 fully saturated rings. The molecule has 6 nitrogen and oxygen atoms in total. The first kappa shape index (κ1) is 24.4. The van der Waals surface area contributed by atoms with Gasteiger partial charge in [0.15, 0.2) is 0 Å². The summed E-state index contributed by atoms with van der Waals surface area (Å²) in [5, 5.41) is 7.71. The van der Waals surface area contributed by atoms with Crippen molar-refractivity contribution < 1.29 is 9.59 Å². The third-order valence-electron chi connectivity index (χ3n) is 6.69. The van der Waals surface area contributed by atoms with Gasteiger partial charge in [0.1, 0.15) is 0 Å². The quantitative estimate of drug-likeness (QED) is 0.575. The summed E-state index contributed by atoms with van der Waals surface area (Å²) < 4.78 is 1.87. The first-order chi connectivity index (χ1) is 15.1. The topological polar surface area (TPSA) is 67.2 Å². The Labute approximate surface area is 196 Å². The van der Waals surface area contributed by atoms with Crippen molar-refractivity contribution in [1.82, 2.24) is 20.0 Å². The predicted molar refractivity (Wildman–Crippen MR) is 130 cm³/mol. The zero-order valence-corrected chi connectivity index (χ0v) is 21.0. The number of aryl methyl sites for hydroxylation is 2. The van der Waals surface area contributed by atoms with Crippen LogP contribution in [0.1, 0.15) is 62.0 Å². The molecule has 32 heavy (non-hydrogen) atoms. The van der Waals surface area contributed by atoms with E-state index < -0.39 is 0 Å². The van der Waals surface area contributed by atoms with E-state index in [-0.39, 0.29) is 23.4 Å². The molecule has 1 aliphatic rings. The third kappa shape index (κ3) is 5.55. The Kier molecular flexibility index (Phi) is 7.70. The van der Waals surface area contributed by atoms with Crippen molar-refractivity contribution in [3.8, 4) is 0 Å². The van der Waals surface area contributed by atoms with Gasteiger partial charge in [0.2, 0.25) is 11.8 Å². The summed E-state index contributed by atoms with van der Waals surface area (Å²) in [7, 11) is 1.94. The van der Waals surface area contributed by atoms with Crippen molar-refractivity contribution in [1.29, 1.82) is 0 Å². The third-order valence-corrected chi connectivity index (χ3v) is 7.43. The SMILES string of the molecule is CSc1ccc(C[C@]2(CCC(=O)N(Cc3c(C)nn(C)c3C)C(C)C)CCC(=O)N2)cc1. The number of rotatable bonds is 9. The van der Waals surface area contributed by atoms with Crippen LogP contribution >= 0.6 is 11.8 Å². The summed E-state index contributed by atoms with van der Waals surface area (Å²) in [5.74, 6) is 0.210. The van der Waals surface area contributed by atoms with Crippen LogP contribution in [0.25, 0.3) is 0 Å². The molecule has 0 bridgehead atoms. The zero-order chi connectivity index (χ0) is 23.5. The Morgan fingerprint density at radius 2 is 1.97 bits per heavy atom. The molecule has 1 aromatic carbocycles. The second-order valence-corrected chi connectivity index (χ2v) is 10.1. The molecule has 0 saturated carbocycles. The fourth-order valence-corrected chi connectivity index (χ4v) is 4.99. The smallest absolute Gasteiger partial charge is 0.223 e. The van der Waals surface area contributed by atoms with Gasteiger partial charge in [-0.15, -0.1) is 11.8 Å². The maximum atomic E-state index is 13.3. The van der Waals surface area contributed by atoms with Crippen molar-refractivity contribution in [3.63, 3.8) is 0 Å². The largest absolute Gasteiger partial charge is 0.350 e. The lowest BCUT2D eigenvalue weighted by molar-refractivity contribution is -0.134. The van der Waals surface area contributed by atoms with Crippen molar-refractivity contribution in [2.75, 3.05) is 6.26 Å². The normalized spacial score (nSPS) is 18.3. The van der Waals surface area contributed by atoms with E-state index in [1.807, 2.05) is 30.5 Å². The number of carbonyl (C=O) groups excluding carboxylic acids is 2. The Hall–Kier alpha value is -2.28. The number of carbonyl (C=O) groups is 2. The van der Waals surface area contributed by atoms with Gasteiger partial charge in [-0.25, -0.2) is 0 Å². The minimum atomic E-state index is -0.351. The zero-order valence-electron chi connectivity index (χ0n) is 20.2. The van der Waals surface area contributed by atoms with E-state index in [1.165, 1.54) is 10.5 Å². The van der Waals surface area contributed by atoms with Gasteiger partial charge in [0, 0.05) is 54.2 Å². The van der Waals surface area contributed by atoms with E-state index >= 15 is 0 Å². The summed E-state index contributed by atoms with van der Waals surface area (Å²) in [4.78, 5) is 28.6. The highest BCUT2D eigenvalue weighted by atomic mass is 32.2. The van der Waals surface area contributed by atoms with Crippen LogP contribution in [0.3, 0.4) is 0 Å². The highest BCUT2D eigenvalue weighted by Gasteiger charge is 2.38. The highest BCUT2D eigenvalue weighted by Crippen LogP contribution is 2.31. The molecule has 1 saturated heterocycles. The molecule has 174 valence electrons. The molecular weight excluding hydrogens is 420 g/mol. The van der Waals surface area contributed by atoms with Gasteiger partial charge in [-0.05, 0) is 70.9 Å². The minimum absolute atomic E-state index is 0.0838. The molecule has 1 N–H and O–H groups in total. The molecular formula is C25H36N4O2S. The molecule has 7 heteroatoms. The molecule has 0 radical (unpaired) electrons. The molecule has 1 atom stereocenters. The average Bonchev–Trinajstić information content (AvgIpc) is 3.23. The average molecular weight is 457 g/mol. The second kappa shape index (κ2) is 10.1. The second-order valence-electron chi connectivity index (χ2n) is 9.24. The maximum absolute atomic E-state index is 13.3. The van der Waals surface area contributed by atoms with E-state index in [4.69, 9.17) is 0 Å². The number of amides is 2. The van der Waals surface area contributed by atoms with Crippen molar-refractivity contribution in [2.45, 2.75) is 82.8 Å². The summed E-state index contributed by atoms with van der Waals surface area (Å²) in [6.07, 6.45) is 5.18. The molecule has 1 aromatic heterocycles. The van der Waals surface area contributed by atoms with Crippen LogP contribution in [0, 0.1) is 13.8 Å².